The quantitative estimate of drug-likeness (QED) is 0.869. The van der Waals surface area contributed by atoms with Gasteiger partial charge in [0.2, 0.25) is 5.91 Å². The average Bonchev–Trinajstić information content (AvgIpc) is 2.27. The minimum atomic E-state index is -0.409. The van der Waals surface area contributed by atoms with Gasteiger partial charge in [0.15, 0.2) is 0 Å². The number of nitrogens with two attached hydrogens (primary N) is 1. The molecular weight excluding hydrogens is 212 g/mol. The Bertz CT molecular complexity index is 399. The van der Waals surface area contributed by atoms with E-state index in [4.69, 9.17) is 5.73 Å². The predicted octanol–water partition coefficient (Wildman–Crippen LogP) is 2.33. The second kappa shape index (κ2) is 5.32. The summed E-state index contributed by atoms with van der Waals surface area (Å²) in [7, 11) is 1.81. The molecule has 17 heavy (non-hydrogen) atoms. The van der Waals surface area contributed by atoms with Crippen LogP contribution in [-0.4, -0.2) is 19.5 Å². The molecular formula is C14H22N2O. The van der Waals surface area contributed by atoms with Gasteiger partial charge in [-0.05, 0) is 37.6 Å². The zero-order valence-corrected chi connectivity index (χ0v) is 11.2. The van der Waals surface area contributed by atoms with E-state index < -0.39 is 5.41 Å². The van der Waals surface area contributed by atoms with Crippen molar-refractivity contribution >= 4 is 11.6 Å². The van der Waals surface area contributed by atoms with Crippen LogP contribution in [0.5, 0.6) is 0 Å². The standard InChI is InChI=1S/C14H22N2O/c1-11-6-5-7-12(10-11)16(4)13(17)14(2,3)8-9-15/h5-7,10H,8-9,15H2,1-4H3. The van der Waals surface area contributed by atoms with Gasteiger partial charge in [-0.15, -0.1) is 0 Å². The third kappa shape index (κ3) is 3.30. The van der Waals surface area contributed by atoms with E-state index >= 15 is 0 Å². The Labute approximate surface area is 104 Å². The molecule has 0 aliphatic rings. The lowest BCUT2D eigenvalue weighted by atomic mass is 9.87. The first-order valence-electron chi connectivity index (χ1n) is 5.93. The maximum Gasteiger partial charge on any atom is 0.232 e. The molecule has 0 aliphatic carbocycles. The number of anilines is 1. The fraction of sp³-hybridized carbons (Fsp3) is 0.500. The van der Waals surface area contributed by atoms with Gasteiger partial charge in [0, 0.05) is 18.2 Å². The molecule has 0 saturated carbocycles. The molecule has 3 nitrogen and oxygen atoms in total. The largest absolute Gasteiger partial charge is 0.330 e. The molecule has 1 rings (SSSR count). The number of hydrogen-bond donors (Lipinski definition) is 1. The van der Waals surface area contributed by atoms with E-state index in [2.05, 4.69) is 0 Å². The Morgan fingerprint density at radius 2 is 2.06 bits per heavy atom. The number of benzene rings is 1. The summed E-state index contributed by atoms with van der Waals surface area (Å²) in [4.78, 5) is 14.0. The third-order valence-corrected chi connectivity index (χ3v) is 3.04. The molecule has 0 saturated heterocycles. The van der Waals surface area contributed by atoms with Gasteiger partial charge in [0.05, 0.1) is 0 Å². The molecule has 0 atom stereocenters. The van der Waals surface area contributed by atoms with Crippen LogP contribution in [0.1, 0.15) is 25.8 Å². The minimum Gasteiger partial charge on any atom is -0.330 e. The van der Waals surface area contributed by atoms with Crippen LogP contribution in [0.25, 0.3) is 0 Å². The van der Waals surface area contributed by atoms with Gasteiger partial charge in [-0.3, -0.25) is 4.79 Å². The molecule has 94 valence electrons. The van der Waals surface area contributed by atoms with Crippen molar-refractivity contribution in [2.45, 2.75) is 27.2 Å². The van der Waals surface area contributed by atoms with Gasteiger partial charge in [-0.2, -0.15) is 0 Å². The highest BCUT2D eigenvalue weighted by atomic mass is 16.2. The Balaban J connectivity index is 2.90. The monoisotopic (exact) mass is 234 g/mol. The van der Waals surface area contributed by atoms with E-state index in [1.165, 1.54) is 0 Å². The van der Waals surface area contributed by atoms with Gasteiger partial charge in [0.25, 0.3) is 0 Å². The number of hydrogen-bond acceptors (Lipinski definition) is 2. The highest BCUT2D eigenvalue weighted by molar-refractivity contribution is 5.96. The average molecular weight is 234 g/mol. The molecule has 0 radical (unpaired) electrons. The highest BCUT2D eigenvalue weighted by Crippen LogP contribution is 2.25. The molecule has 2 N–H and O–H groups in total. The molecule has 1 aromatic rings. The van der Waals surface area contributed by atoms with Crippen LogP contribution in [0.15, 0.2) is 24.3 Å². The molecule has 0 unspecified atom stereocenters. The van der Waals surface area contributed by atoms with E-state index in [1.54, 1.807) is 4.90 Å². The van der Waals surface area contributed by atoms with Crippen molar-refractivity contribution in [2.24, 2.45) is 11.1 Å². The lowest BCUT2D eigenvalue weighted by Crippen LogP contribution is -2.39. The van der Waals surface area contributed by atoms with E-state index in [0.29, 0.717) is 13.0 Å². The van der Waals surface area contributed by atoms with E-state index in [1.807, 2.05) is 52.1 Å². The first-order valence-corrected chi connectivity index (χ1v) is 5.93. The molecule has 3 heteroatoms. The van der Waals surface area contributed by atoms with Crippen molar-refractivity contribution in [1.29, 1.82) is 0 Å². The third-order valence-electron chi connectivity index (χ3n) is 3.04. The zero-order chi connectivity index (χ0) is 13.1. The van der Waals surface area contributed by atoms with Crippen molar-refractivity contribution in [3.63, 3.8) is 0 Å². The first-order chi connectivity index (χ1) is 7.88. The second-order valence-electron chi connectivity index (χ2n) is 5.13. The smallest absolute Gasteiger partial charge is 0.232 e. The second-order valence-corrected chi connectivity index (χ2v) is 5.13. The van der Waals surface area contributed by atoms with Crippen LogP contribution >= 0.6 is 0 Å². The number of carbonyl (C=O) groups excluding carboxylic acids is 1. The van der Waals surface area contributed by atoms with Gasteiger partial charge in [-0.1, -0.05) is 26.0 Å². The first kappa shape index (κ1) is 13.7. The number of aryl methyl sites for hydroxylation is 1. The summed E-state index contributed by atoms with van der Waals surface area (Å²) in [5.41, 5.74) is 7.22. The summed E-state index contributed by atoms with van der Waals surface area (Å²) in [6.45, 7) is 6.43. The summed E-state index contributed by atoms with van der Waals surface area (Å²) >= 11 is 0. The van der Waals surface area contributed by atoms with Gasteiger partial charge < -0.3 is 10.6 Å². The van der Waals surface area contributed by atoms with Crippen molar-refractivity contribution in [2.75, 3.05) is 18.5 Å². The fourth-order valence-electron chi connectivity index (χ4n) is 1.88. The lowest BCUT2D eigenvalue weighted by Gasteiger charge is -2.29. The Morgan fingerprint density at radius 1 is 1.41 bits per heavy atom. The van der Waals surface area contributed by atoms with Crippen LogP contribution in [0.3, 0.4) is 0 Å². The molecule has 1 amide bonds. The van der Waals surface area contributed by atoms with E-state index in [9.17, 15) is 4.79 Å². The SMILES string of the molecule is Cc1cccc(N(C)C(=O)C(C)(C)CCN)c1. The number of carbonyl (C=O) groups is 1. The fourth-order valence-corrected chi connectivity index (χ4v) is 1.88. The Hall–Kier alpha value is -1.35. The number of rotatable bonds is 4. The van der Waals surface area contributed by atoms with Crippen molar-refractivity contribution in [3.05, 3.63) is 29.8 Å². The van der Waals surface area contributed by atoms with Crippen LogP contribution in [0.2, 0.25) is 0 Å². The molecule has 0 spiro atoms. The normalized spacial score (nSPS) is 11.4. The van der Waals surface area contributed by atoms with Crippen LogP contribution < -0.4 is 10.6 Å². The molecule has 0 heterocycles. The molecule has 0 bridgehead atoms. The summed E-state index contributed by atoms with van der Waals surface area (Å²) in [5, 5.41) is 0. The lowest BCUT2D eigenvalue weighted by molar-refractivity contribution is -0.126. The van der Waals surface area contributed by atoms with Crippen LogP contribution in [-0.2, 0) is 4.79 Å². The van der Waals surface area contributed by atoms with Crippen molar-refractivity contribution < 1.29 is 4.79 Å². The van der Waals surface area contributed by atoms with E-state index in [0.717, 1.165) is 11.3 Å². The van der Waals surface area contributed by atoms with Crippen LogP contribution in [0, 0.1) is 12.3 Å². The summed E-state index contributed by atoms with van der Waals surface area (Å²) in [5.74, 6) is 0.105. The minimum absolute atomic E-state index is 0.105. The predicted molar refractivity (Wildman–Crippen MR) is 72.0 cm³/mol. The maximum absolute atomic E-state index is 12.3. The maximum atomic E-state index is 12.3. The molecule has 0 fully saturated rings. The number of amides is 1. The summed E-state index contributed by atoms with van der Waals surface area (Å²) < 4.78 is 0. The Kier molecular flexibility index (Phi) is 4.29. The Morgan fingerprint density at radius 3 is 2.59 bits per heavy atom. The van der Waals surface area contributed by atoms with Crippen molar-refractivity contribution in [3.8, 4) is 0 Å². The topological polar surface area (TPSA) is 46.3 Å². The van der Waals surface area contributed by atoms with Crippen molar-refractivity contribution in [1.82, 2.24) is 0 Å². The van der Waals surface area contributed by atoms with Gasteiger partial charge >= 0.3 is 0 Å². The zero-order valence-electron chi connectivity index (χ0n) is 11.2. The summed E-state index contributed by atoms with van der Waals surface area (Å²) in [6.07, 6.45) is 0.696. The molecule has 1 aromatic carbocycles. The molecule has 0 aromatic heterocycles. The van der Waals surface area contributed by atoms with Crippen LogP contribution in [0.4, 0.5) is 5.69 Å². The van der Waals surface area contributed by atoms with Gasteiger partial charge in [-0.25, -0.2) is 0 Å². The number of nitrogens with zero attached hydrogens (tertiary/aromatic N) is 1. The molecule has 0 aliphatic heterocycles. The highest BCUT2D eigenvalue weighted by Gasteiger charge is 2.30. The summed E-state index contributed by atoms with van der Waals surface area (Å²) in [6, 6.07) is 7.94. The van der Waals surface area contributed by atoms with Gasteiger partial charge in [0.1, 0.15) is 0 Å². The van der Waals surface area contributed by atoms with E-state index in [-0.39, 0.29) is 5.91 Å².